The van der Waals surface area contributed by atoms with Gasteiger partial charge in [0.25, 0.3) is 0 Å². The van der Waals surface area contributed by atoms with E-state index in [-0.39, 0.29) is 11.7 Å². The predicted molar refractivity (Wildman–Crippen MR) is 120 cm³/mol. The van der Waals surface area contributed by atoms with Crippen molar-refractivity contribution in [3.63, 3.8) is 0 Å². The van der Waals surface area contributed by atoms with Crippen LogP contribution in [0.2, 0.25) is 0 Å². The fraction of sp³-hybridized carbons (Fsp3) is 0.160. The van der Waals surface area contributed by atoms with Crippen molar-refractivity contribution in [3.8, 4) is 0 Å². The number of nitrogens with one attached hydrogen (secondary N) is 2. The normalized spacial score (nSPS) is 12.1. The molecule has 29 heavy (non-hydrogen) atoms. The highest BCUT2D eigenvalue weighted by molar-refractivity contribution is 7.99. The van der Waals surface area contributed by atoms with Crippen molar-refractivity contribution in [2.24, 2.45) is 0 Å². The molecule has 4 rings (SSSR count). The van der Waals surface area contributed by atoms with Crippen LogP contribution in [0.5, 0.6) is 0 Å². The predicted octanol–water partition coefficient (Wildman–Crippen LogP) is 6.17. The molecule has 3 nitrogen and oxygen atoms in total. The van der Waals surface area contributed by atoms with Crippen LogP contribution in [0.4, 0.5) is 0 Å². The fourth-order valence-electron chi connectivity index (χ4n) is 3.54. The van der Waals surface area contributed by atoms with E-state index in [1.54, 1.807) is 11.8 Å². The molecule has 1 unspecified atom stereocenters. The third-order valence-corrected chi connectivity index (χ3v) is 5.84. The SMILES string of the molecule is CCSc1ccc(C(c2ccccc2)c2ccc(C(=O)c3ccc(C)cc3)[nH]2)[nH]1. The van der Waals surface area contributed by atoms with E-state index in [1.165, 1.54) is 5.56 Å². The minimum absolute atomic E-state index is 0.0109. The van der Waals surface area contributed by atoms with Crippen molar-refractivity contribution in [3.05, 3.63) is 113 Å². The van der Waals surface area contributed by atoms with E-state index >= 15 is 0 Å². The minimum Gasteiger partial charge on any atom is -0.355 e. The Balaban J connectivity index is 1.70. The third-order valence-electron chi connectivity index (χ3n) is 5.00. The number of carbonyl (C=O) groups is 1. The van der Waals surface area contributed by atoms with Crippen molar-refractivity contribution in [2.75, 3.05) is 5.75 Å². The summed E-state index contributed by atoms with van der Waals surface area (Å²) in [5, 5.41) is 1.16. The Morgan fingerprint density at radius 1 is 0.862 bits per heavy atom. The lowest BCUT2D eigenvalue weighted by atomic mass is 9.93. The summed E-state index contributed by atoms with van der Waals surface area (Å²) in [7, 11) is 0. The van der Waals surface area contributed by atoms with Crippen LogP contribution in [-0.2, 0) is 0 Å². The monoisotopic (exact) mass is 400 g/mol. The Hall–Kier alpha value is -2.98. The van der Waals surface area contributed by atoms with E-state index in [0.29, 0.717) is 11.3 Å². The van der Waals surface area contributed by atoms with Gasteiger partial charge in [-0.15, -0.1) is 11.8 Å². The molecule has 0 saturated heterocycles. The molecule has 0 bridgehead atoms. The molecule has 0 aliphatic carbocycles. The van der Waals surface area contributed by atoms with Crippen LogP contribution in [0.15, 0.2) is 83.9 Å². The molecule has 2 aromatic carbocycles. The van der Waals surface area contributed by atoms with Gasteiger partial charge < -0.3 is 9.97 Å². The summed E-state index contributed by atoms with van der Waals surface area (Å²) in [6.45, 7) is 4.17. The summed E-state index contributed by atoms with van der Waals surface area (Å²) in [6, 6.07) is 26.2. The maximum absolute atomic E-state index is 12.9. The first-order valence-corrected chi connectivity index (χ1v) is 10.8. The molecule has 4 heteroatoms. The number of hydrogen-bond acceptors (Lipinski definition) is 2. The standard InChI is InChI=1S/C25H24N2OS/c1-3-29-23-16-15-21(27-23)24(18-7-5-4-6-8-18)20-13-14-22(26-20)25(28)19-11-9-17(2)10-12-19/h4-16,24,26-27H,3H2,1-2H3. The molecular weight excluding hydrogens is 376 g/mol. The summed E-state index contributed by atoms with van der Waals surface area (Å²) in [4.78, 5) is 19.8. The van der Waals surface area contributed by atoms with E-state index in [0.717, 1.165) is 27.7 Å². The lowest BCUT2D eigenvalue weighted by Crippen LogP contribution is -2.06. The van der Waals surface area contributed by atoms with Gasteiger partial charge in [0.1, 0.15) is 0 Å². The second kappa shape index (κ2) is 8.58. The number of hydrogen-bond donors (Lipinski definition) is 2. The number of ketones is 1. The Morgan fingerprint density at radius 2 is 1.55 bits per heavy atom. The number of benzene rings is 2. The number of thioether (sulfide) groups is 1. The van der Waals surface area contributed by atoms with Gasteiger partial charge in [-0.2, -0.15) is 0 Å². The van der Waals surface area contributed by atoms with Crippen LogP contribution < -0.4 is 0 Å². The minimum atomic E-state index is 0.0109. The molecule has 0 amide bonds. The zero-order valence-corrected chi connectivity index (χ0v) is 17.4. The summed E-state index contributed by atoms with van der Waals surface area (Å²) < 4.78 is 0. The fourth-order valence-corrected chi connectivity index (χ4v) is 4.21. The largest absolute Gasteiger partial charge is 0.355 e. The number of aromatic nitrogens is 2. The van der Waals surface area contributed by atoms with Crippen LogP contribution >= 0.6 is 11.8 Å². The molecule has 0 saturated carbocycles. The zero-order chi connectivity index (χ0) is 20.2. The Labute approximate surface area is 175 Å². The van der Waals surface area contributed by atoms with Crippen molar-refractivity contribution >= 4 is 17.5 Å². The number of H-pyrrole nitrogens is 2. The molecule has 0 radical (unpaired) electrons. The molecular formula is C25H24N2OS. The second-order valence-corrected chi connectivity index (χ2v) is 8.38. The van der Waals surface area contributed by atoms with Crippen LogP contribution in [0.3, 0.4) is 0 Å². The average Bonchev–Trinajstić information content (AvgIpc) is 3.40. The van der Waals surface area contributed by atoms with Crippen molar-refractivity contribution in [2.45, 2.75) is 24.8 Å². The molecule has 146 valence electrons. The van der Waals surface area contributed by atoms with Gasteiger partial charge in [0.15, 0.2) is 0 Å². The molecule has 0 spiro atoms. The average molecular weight is 401 g/mol. The molecule has 2 N–H and O–H groups in total. The number of carbonyl (C=O) groups excluding carboxylic acids is 1. The van der Waals surface area contributed by atoms with Gasteiger partial charge in [0.05, 0.1) is 16.6 Å². The zero-order valence-electron chi connectivity index (χ0n) is 16.6. The van der Waals surface area contributed by atoms with E-state index in [2.05, 4.69) is 41.2 Å². The Kier molecular flexibility index (Phi) is 5.72. The summed E-state index contributed by atoms with van der Waals surface area (Å²) >= 11 is 1.79. The van der Waals surface area contributed by atoms with E-state index in [9.17, 15) is 4.79 Å². The van der Waals surface area contributed by atoms with Gasteiger partial charge in [-0.1, -0.05) is 67.1 Å². The molecule has 0 fully saturated rings. The van der Waals surface area contributed by atoms with Crippen molar-refractivity contribution in [1.82, 2.24) is 9.97 Å². The lowest BCUT2D eigenvalue weighted by Gasteiger charge is -2.15. The Morgan fingerprint density at radius 3 is 2.28 bits per heavy atom. The maximum Gasteiger partial charge on any atom is 0.209 e. The van der Waals surface area contributed by atoms with Crippen LogP contribution in [0, 0.1) is 6.92 Å². The summed E-state index contributed by atoms with van der Waals surface area (Å²) in [5.74, 6) is 1.05. The van der Waals surface area contributed by atoms with Gasteiger partial charge in [-0.05, 0) is 42.5 Å². The highest BCUT2D eigenvalue weighted by Crippen LogP contribution is 2.32. The van der Waals surface area contributed by atoms with Gasteiger partial charge >= 0.3 is 0 Å². The van der Waals surface area contributed by atoms with Crippen LogP contribution in [0.25, 0.3) is 0 Å². The maximum atomic E-state index is 12.9. The Bertz CT molecular complexity index is 1090. The summed E-state index contributed by atoms with van der Waals surface area (Å²) in [5.41, 5.74) is 5.75. The highest BCUT2D eigenvalue weighted by atomic mass is 32.2. The third kappa shape index (κ3) is 4.22. The lowest BCUT2D eigenvalue weighted by molar-refractivity contribution is 0.103. The molecule has 4 aromatic rings. The first-order chi connectivity index (χ1) is 14.2. The van der Waals surface area contributed by atoms with Crippen LogP contribution in [-0.4, -0.2) is 21.5 Å². The molecule has 2 heterocycles. The van der Waals surface area contributed by atoms with Crippen molar-refractivity contribution < 1.29 is 4.79 Å². The van der Waals surface area contributed by atoms with E-state index in [4.69, 9.17) is 0 Å². The molecule has 0 aliphatic heterocycles. The molecule has 2 aromatic heterocycles. The molecule has 0 aliphatic rings. The number of rotatable bonds is 7. The van der Waals surface area contributed by atoms with Gasteiger partial charge in [-0.25, -0.2) is 0 Å². The quantitative estimate of drug-likeness (QED) is 0.288. The first-order valence-electron chi connectivity index (χ1n) is 9.82. The second-order valence-electron chi connectivity index (χ2n) is 7.08. The van der Waals surface area contributed by atoms with Gasteiger partial charge in [0, 0.05) is 17.0 Å². The smallest absolute Gasteiger partial charge is 0.209 e. The number of aryl methyl sites for hydroxylation is 1. The van der Waals surface area contributed by atoms with Gasteiger partial charge in [-0.3, -0.25) is 4.79 Å². The summed E-state index contributed by atoms with van der Waals surface area (Å²) in [6.07, 6.45) is 0. The molecule has 1 atom stereocenters. The number of aromatic amines is 2. The van der Waals surface area contributed by atoms with Gasteiger partial charge in [0.2, 0.25) is 5.78 Å². The van der Waals surface area contributed by atoms with Crippen molar-refractivity contribution in [1.29, 1.82) is 0 Å². The van der Waals surface area contributed by atoms with E-state index < -0.39 is 0 Å². The first kappa shape index (κ1) is 19.3. The topological polar surface area (TPSA) is 48.6 Å². The van der Waals surface area contributed by atoms with E-state index in [1.807, 2.05) is 61.5 Å². The highest BCUT2D eigenvalue weighted by Gasteiger charge is 2.21. The van der Waals surface area contributed by atoms with Crippen LogP contribution in [0.1, 0.15) is 51.4 Å².